The monoisotopic (exact) mass is 256 g/mol. The van der Waals surface area contributed by atoms with Crippen molar-refractivity contribution in [3.05, 3.63) is 46.2 Å². The topological polar surface area (TPSA) is 24.9 Å². The zero-order chi connectivity index (χ0) is 11.4. The maximum atomic E-state index is 13.3. The molecule has 1 heterocycles. The van der Waals surface area contributed by atoms with Gasteiger partial charge in [-0.2, -0.15) is 0 Å². The summed E-state index contributed by atoms with van der Waals surface area (Å²) in [7, 11) is 0. The Balaban J connectivity index is 1.87. The minimum Gasteiger partial charge on any atom is -0.361 e. The Morgan fingerprint density at radius 3 is 2.88 bits per heavy atom. The van der Waals surface area contributed by atoms with E-state index in [4.69, 9.17) is 11.6 Å². The zero-order valence-electron chi connectivity index (χ0n) is 8.41. The minimum absolute atomic E-state index is 0.165. The van der Waals surface area contributed by atoms with Crippen molar-refractivity contribution in [2.24, 2.45) is 0 Å². The number of anilines is 1. The average molecular weight is 257 g/mol. The molecule has 0 saturated carbocycles. The van der Waals surface area contributed by atoms with Crippen LogP contribution in [-0.2, 0) is 6.42 Å². The van der Waals surface area contributed by atoms with Gasteiger partial charge in [0.1, 0.15) is 11.0 Å². The second-order valence-electron chi connectivity index (χ2n) is 3.24. The molecule has 5 heteroatoms. The molecule has 1 N–H and O–H groups in total. The van der Waals surface area contributed by atoms with Gasteiger partial charge < -0.3 is 5.32 Å². The predicted octanol–water partition coefficient (Wildman–Crippen LogP) is 3.59. The van der Waals surface area contributed by atoms with Crippen molar-refractivity contribution in [1.29, 1.82) is 0 Å². The van der Waals surface area contributed by atoms with E-state index in [0.29, 0.717) is 23.7 Å². The van der Waals surface area contributed by atoms with E-state index in [1.54, 1.807) is 17.5 Å². The van der Waals surface area contributed by atoms with Gasteiger partial charge in [-0.05, 0) is 18.1 Å². The molecule has 0 atom stereocenters. The minimum atomic E-state index is -0.165. The van der Waals surface area contributed by atoms with Crippen LogP contribution in [0.2, 0.25) is 5.15 Å². The predicted molar refractivity (Wildman–Crippen MR) is 65.7 cm³/mol. The van der Waals surface area contributed by atoms with Crippen LogP contribution in [0.5, 0.6) is 0 Å². The standard InChI is InChI=1S/C11H10ClFN2S/c12-10-7-16-11(15-10)14-6-5-8-3-1-2-4-9(8)13/h1-4,7H,5-6H2,(H,14,15). The van der Waals surface area contributed by atoms with Gasteiger partial charge in [-0.25, -0.2) is 9.37 Å². The van der Waals surface area contributed by atoms with E-state index in [2.05, 4.69) is 10.3 Å². The lowest BCUT2D eigenvalue weighted by Crippen LogP contribution is -2.05. The highest BCUT2D eigenvalue weighted by atomic mass is 35.5. The number of thiazole rings is 1. The number of halogens is 2. The highest BCUT2D eigenvalue weighted by molar-refractivity contribution is 7.14. The highest BCUT2D eigenvalue weighted by Crippen LogP contribution is 2.18. The molecule has 2 aromatic rings. The fraction of sp³-hybridized carbons (Fsp3) is 0.182. The Bertz CT molecular complexity index is 473. The van der Waals surface area contributed by atoms with Crippen LogP contribution in [0.4, 0.5) is 9.52 Å². The summed E-state index contributed by atoms with van der Waals surface area (Å²) in [4.78, 5) is 4.04. The van der Waals surface area contributed by atoms with Crippen molar-refractivity contribution in [1.82, 2.24) is 4.98 Å². The van der Waals surface area contributed by atoms with Crippen LogP contribution in [0.25, 0.3) is 0 Å². The van der Waals surface area contributed by atoms with E-state index < -0.39 is 0 Å². The van der Waals surface area contributed by atoms with Crippen LogP contribution in [0, 0.1) is 5.82 Å². The number of hydrogen-bond acceptors (Lipinski definition) is 3. The molecule has 0 amide bonds. The molecule has 84 valence electrons. The highest BCUT2D eigenvalue weighted by Gasteiger charge is 2.01. The number of aromatic nitrogens is 1. The molecule has 0 aliphatic rings. The summed E-state index contributed by atoms with van der Waals surface area (Å²) in [6.45, 7) is 0.644. The van der Waals surface area contributed by atoms with E-state index in [1.165, 1.54) is 17.4 Å². The van der Waals surface area contributed by atoms with Crippen LogP contribution in [0.1, 0.15) is 5.56 Å². The summed E-state index contributed by atoms with van der Waals surface area (Å²) < 4.78 is 13.3. The number of hydrogen-bond donors (Lipinski definition) is 1. The van der Waals surface area contributed by atoms with Crippen molar-refractivity contribution in [3.63, 3.8) is 0 Å². The molecule has 0 spiro atoms. The first-order valence-corrected chi connectivity index (χ1v) is 6.10. The molecule has 2 rings (SSSR count). The molecule has 0 aliphatic heterocycles. The third-order valence-electron chi connectivity index (χ3n) is 2.10. The van der Waals surface area contributed by atoms with Gasteiger partial charge in [0.05, 0.1) is 0 Å². The molecule has 1 aromatic heterocycles. The van der Waals surface area contributed by atoms with Gasteiger partial charge in [0.2, 0.25) is 0 Å². The average Bonchev–Trinajstić information content (AvgIpc) is 2.67. The molecular weight excluding hydrogens is 247 g/mol. The molecule has 0 aliphatic carbocycles. The summed E-state index contributed by atoms with van der Waals surface area (Å²) in [6.07, 6.45) is 0.629. The second-order valence-corrected chi connectivity index (χ2v) is 4.49. The summed E-state index contributed by atoms with van der Waals surface area (Å²) in [5.74, 6) is -0.165. The van der Waals surface area contributed by atoms with Gasteiger partial charge in [-0.3, -0.25) is 0 Å². The molecule has 0 unspecified atom stereocenters. The fourth-order valence-electron chi connectivity index (χ4n) is 1.34. The Morgan fingerprint density at radius 2 is 2.19 bits per heavy atom. The fourth-order valence-corrected chi connectivity index (χ4v) is 2.21. The van der Waals surface area contributed by atoms with E-state index in [1.807, 2.05) is 6.07 Å². The molecule has 0 bridgehead atoms. The van der Waals surface area contributed by atoms with Crippen molar-refractivity contribution < 1.29 is 4.39 Å². The van der Waals surface area contributed by atoms with E-state index in [0.717, 1.165) is 5.13 Å². The third kappa shape index (κ3) is 2.93. The van der Waals surface area contributed by atoms with Crippen molar-refractivity contribution in [2.45, 2.75) is 6.42 Å². The summed E-state index contributed by atoms with van der Waals surface area (Å²) >= 11 is 7.12. The number of nitrogens with one attached hydrogen (secondary N) is 1. The first-order valence-electron chi connectivity index (χ1n) is 4.84. The number of nitrogens with zero attached hydrogens (tertiary/aromatic N) is 1. The van der Waals surface area contributed by atoms with Crippen molar-refractivity contribution >= 4 is 28.1 Å². The van der Waals surface area contributed by atoms with Gasteiger partial charge >= 0.3 is 0 Å². The van der Waals surface area contributed by atoms with Crippen LogP contribution < -0.4 is 5.32 Å². The van der Waals surface area contributed by atoms with Crippen LogP contribution >= 0.6 is 22.9 Å². The first kappa shape index (κ1) is 11.4. The quantitative estimate of drug-likeness (QED) is 0.904. The number of rotatable bonds is 4. The van der Waals surface area contributed by atoms with Crippen LogP contribution in [0.3, 0.4) is 0 Å². The van der Waals surface area contributed by atoms with Crippen molar-refractivity contribution in [3.8, 4) is 0 Å². The third-order valence-corrected chi connectivity index (χ3v) is 3.23. The Labute approximate surface area is 102 Å². The van der Waals surface area contributed by atoms with E-state index in [9.17, 15) is 4.39 Å². The van der Waals surface area contributed by atoms with Gasteiger partial charge in [-0.15, -0.1) is 11.3 Å². The molecule has 0 saturated heterocycles. The summed E-state index contributed by atoms with van der Waals surface area (Å²) in [5, 5.41) is 6.10. The normalized spacial score (nSPS) is 10.4. The number of benzene rings is 1. The van der Waals surface area contributed by atoms with Crippen LogP contribution in [0.15, 0.2) is 29.6 Å². The smallest absolute Gasteiger partial charge is 0.184 e. The van der Waals surface area contributed by atoms with Gasteiger partial charge in [0.25, 0.3) is 0 Å². The first-order chi connectivity index (χ1) is 7.75. The lowest BCUT2D eigenvalue weighted by atomic mass is 10.1. The van der Waals surface area contributed by atoms with E-state index >= 15 is 0 Å². The molecule has 0 radical (unpaired) electrons. The Hall–Kier alpha value is -1.13. The summed E-state index contributed by atoms with van der Waals surface area (Å²) in [5.41, 5.74) is 0.706. The Kier molecular flexibility index (Phi) is 3.74. The molecule has 1 aromatic carbocycles. The van der Waals surface area contributed by atoms with Gasteiger partial charge in [-0.1, -0.05) is 29.8 Å². The lowest BCUT2D eigenvalue weighted by Gasteiger charge is -2.03. The Morgan fingerprint density at radius 1 is 1.38 bits per heavy atom. The van der Waals surface area contributed by atoms with Gasteiger partial charge in [0.15, 0.2) is 5.13 Å². The SMILES string of the molecule is Fc1ccccc1CCNc1nc(Cl)cs1. The maximum Gasteiger partial charge on any atom is 0.184 e. The maximum absolute atomic E-state index is 13.3. The van der Waals surface area contributed by atoms with E-state index in [-0.39, 0.29) is 5.82 Å². The lowest BCUT2D eigenvalue weighted by molar-refractivity contribution is 0.610. The molecule has 0 fully saturated rings. The van der Waals surface area contributed by atoms with Crippen molar-refractivity contribution in [2.75, 3.05) is 11.9 Å². The van der Waals surface area contributed by atoms with Crippen LogP contribution in [-0.4, -0.2) is 11.5 Å². The molecular formula is C11H10ClFN2S. The molecule has 16 heavy (non-hydrogen) atoms. The largest absolute Gasteiger partial charge is 0.361 e. The second kappa shape index (κ2) is 5.27. The molecule has 2 nitrogen and oxygen atoms in total. The van der Waals surface area contributed by atoms with Gasteiger partial charge in [0, 0.05) is 11.9 Å². The zero-order valence-corrected chi connectivity index (χ0v) is 9.98. The summed E-state index contributed by atoms with van der Waals surface area (Å²) in [6, 6.07) is 6.77.